The molecule has 2 heterocycles. The number of hydrogen-bond donors (Lipinski definition) is 3. The van der Waals surface area contributed by atoms with E-state index >= 15 is 0 Å². The largest absolute Gasteiger partial charge is 0.451 e. The molecule has 0 spiro atoms. The van der Waals surface area contributed by atoms with Crippen LogP contribution in [0.3, 0.4) is 0 Å². The van der Waals surface area contributed by atoms with Crippen LogP contribution in [0.5, 0.6) is 0 Å². The van der Waals surface area contributed by atoms with Crippen molar-refractivity contribution in [3.8, 4) is 0 Å². The normalized spacial score (nSPS) is 18.1. The lowest BCUT2D eigenvalue weighted by atomic mass is 9.96. The van der Waals surface area contributed by atoms with Gasteiger partial charge in [0.2, 0.25) is 11.8 Å². The first-order valence-electron chi connectivity index (χ1n) is 12.3. The first-order valence-corrected chi connectivity index (χ1v) is 12.3. The minimum Gasteiger partial charge on any atom is -0.451 e. The van der Waals surface area contributed by atoms with Crippen LogP contribution in [-0.4, -0.2) is 57.6 Å². The topological polar surface area (TPSA) is 134 Å². The molecule has 1 aliphatic rings. The fourth-order valence-electron chi connectivity index (χ4n) is 4.31. The number of hydrogen-bond acceptors (Lipinski definition) is 7. The van der Waals surface area contributed by atoms with E-state index in [0.717, 1.165) is 5.56 Å². The number of ether oxygens (including phenoxy) is 1. The Kier molecular flexibility index (Phi) is 9.46. The van der Waals surface area contributed by atoms with E-state index in [9.17, 15) is 19.5 Å². The summed E-state index contributed by atoms with van der Waals surface area (Å²) in [5, 5.41) is 16.3. The van der Waals surface area contributed by atoms with Crippen LogP contribution < -0.4 is 10.6 Å². The van der Waals surface area contributed by atoms with Crippen molar-refractivity contribution in [1.82, 2.24) is 20.5 Å². The van der Waals surface area contributed by atoms with Gasteiger partial charge >= 0.3 is 6.09 Å². The molecule has 1 fully saturated rings. The highest BCUT2D eigenvalue weighted by Gasteiger charge is 2.40. The van der Waals surface area contributed by atoms with E-state index in [-0.39, 0.29) is 30.3 Å². The molecule has 1 aliphatic heterocycles. The van der Waals surface area contributed by atoms with Crippen molar-refractivity contribution in [3.05, 3.63) is 54.2 Å². The Morgan fingerprint density at radius 2 is 1.86 bits per heavy atom. The summed E-state index contributed by atoms with van der Waals surface area (Å²) in [6, 6.07) is 7.10. The monoisotopic (exact) mass is 500 g/mol. The number of likely N-dealkylation sites (tertiary alicyclic amines) is 1. The minimum absolute atomic E-state index is 0.0882. The number of benzene rings is 1. The molecule has 3 amide bonds. The third kappa shape index (κ3) is 6.84. The standard InChI is InChI=1S/C26H36N4O6/c1-16(2)21(23(31)19-14-35-15-27-19)28-24(32)20-11-8-12-30(20)25(33)22(17(3)4)29-26(34)36-13-18-9-6-5-7-10-18/h5-7,9-10,14-17,20-23,31H,8,11-13H2,1-4H3,(H,28,32)(H,29,34)/t20-,21-,22-,23?/m0/s1. The summed E-state index contributed by atoms with van der Waals surface area (Å²) < 4.78 is 10.3. The Morgan fingerprint density at radius 1 is 1.14 bits per heavy atom. The van der Waals surface area contributed by atoms with Crippen LogP contribution >= 0.6 is 0 Å². The summed E-state index contributed by atoms with van der Waals surface area (Å²) in [5.41, 5.74) is 1.16. The van der Waals surface area contributed by atoms with E-state index < -0.39 is 30.3 Å². The molecular formula is C26H36N4O6. The van der Waals surface area contributed by atoms with Crippen molar-refractivity contribution in [1.29, 1.82) is 0 Å². The number of aromatic nitrogens is 1. The van der Waals surface area contributed by atoms with Crippen LogP contribution in [0.15, 0.2) is 47.4 Å². The molecule has 3 rings (SSSR count). The van der Waals surface area contributed by atoms with Crippen molar-refractivity contribution in [3.63, 3.8) is 0 Å². The van der Waals surface area contributed by atoms with Crippen LogP contribution in [0.25, 0.3) is 0 Å². The number of alkyl carbamates (subject to hydrolysis) is 1. The van der Waals surface area contributed by atoms with E-state index in [0.29, 0.717) is 25.1 Å². The summed E-state index contributed by atoms with van der Waals surface area (Å²) >= 11 is 0. The SMILES string of the molecule is CC(C)[C@H](NC(=O)[C@@H]1CCCN1C(=O)[C@@H](NC(=O)OCc1ccccc1)C(C)C)C(O)c1cocn1. The molecule has 0 saturated carbocycles. The zero-order valence-corrected chi connectivity index (χ0v) is 21.2. The smallest absolute Gasteiger partial charge is 0.408 e. The molecule has 1 saturated heterocycles. The van der Waals surface area contributed by atoms with Gasteiger partial charge in [0.05, 0.1) is 6.04 Å². The van der Waals surface area contributed by atoms with Crippen molar-refractivity contribution < 1.29 is 28.6 Å². The summed E-state index contributed by atoms with van der Waals surface area (Å²) in [6.45, 7) is 7.91. The number of aliphatic hydroxyl groups is 1. The summed E-state index contributed by atoms with van der Waals surface area (Å²) in [7, 11) is 0. The fourth-order valence-corrected chi connectivity index (χ4v) is 4.31. The maximum Gasteiger partial charge on any atom is 0.408 e. The lowest BCUT2D eigenvalue weighted by Gasteiger charge is -2.32. The molecule has 0 radical (unpaired) electrons. The minimum atomic E-state index is -1.05. The highest BCUT2D eigenvalue weighted by Crippen LogP contribution is 2.24. The quantitative estimate of drug-likeness (QED) is 0.457. The summed E-state index contributed by atoms with van der Waals surface area (Å²) in [6.07, 6.45) is 1.97. The number of nitrogens with zero attached hydrogens (tertiary/aromatic N) is 2. The third-order valence-electron chi connectivity index (χ3n) is 6.38. The molecule has 0 aliphatic carbocycles. The summed E-state index contributed by atoms with van der Waals surface area (Å²) in [5.74, 6) is -1.01. The molecule has 1 unspecified atom stereocenters. The number of oxazole rings is 1. The third-order valence-corrected chi connectivity index (χ3v) is 6.38. The van der Waals surface area contributed by atoms with Gasteiger partial charge in [-0.15, -0.1) is 0 Å². The first kappa shape index (κ1) is 27.2. The summed E-state index contributed by atoms with van der Waals surface area (Å²) in [4.78, 5) is 44.7. The Labute approximate surface area is 211 Å². The van der Waals surface area contributed by atoms with Gasteiger partial charge in [0.1, 0.15) is 36.8 Å². The van der Waals surface area contributed by atoms with E-state index in [4.69, 9.17) is 9.15 Å². The highest BCUT2D eigenvalue weighted by atomic mass is 16.5. The van der Waals surface area contributed by atoms with E-state index in [1.807, 2.05) is 58.0 Å². The number of nitrogens with one attached hydrogen (secondary N) is 2. The molecule has 1 aromatic heterocycles. The number of aliphatic hydroxyl groups excluding tert-OH is 1. The number of rotatable bonds is 10. The maximum absolute atomic E-state index is 13.5. The van der Waals surface area contributed by atoms with Gasteiger partial charge in [0, 0.05) is 6.54 Å². The second-order valence-corrected chi connectivity index (χ2v) is 9.75. The van der Waals surface area contributed by atoms with Crippen LogP contribution in [-0.2, 0) is 20.9 Å². The van der Waals surface area contributed by atoms with E-state index in [1.54, 1.807) is 0 Å². The maximum atomic E-state index is 13.5. The Balaban J connectivity index is 1.64. The van der Waals surface area contributed by atoms with Crippen LogP contribution in [0.4, 0.5) is 4.79 Å². The van der Waals surface area contributed by atoms with Crippen LogP contribution in [0, 0.1) is 11.8 Å². The molecule has 36 heavy (non-hydrogen) atoms. The molecule has 196 valence electrons. The van der Waals surface area contributed by atoms with Crippen molar-refractivity contribution in [2.45, 2.75) is 71.4 Å². The zero-order valence-electron chi connectivity index (χ0n) is 21.2. The molecule has 3 N–H and O–H groups in total. The first-order chi connectivity index (χ1) is 17.2. The van der Waals surface area contributed by atoms with Crippen molar-refractivity contribution >= 4 is 17.9 Å². The van der Waals surface area contributed by atoms with Gasteiger partial charge in [-0.3, -0.25) is 9.59 Å². The van der Waals surface area contributed by atoms with Gasteiger partial charge in [-0.1, -0.05) is 58.0 Å². The number of carbonyl (C=O) groups is 3. The predicted molar refractivity (Wildman–Crippen MR) is 131 cm³/mol. The van der Waals surface area contributed by atoms with Crippen LogP contribution in [0.1, 0.15) is 57.9 Å². The van der Waals surface area contributed by atoms with Gasteiger partial charge in [0.15, 0.2) is 6.39 Å². The molecule has 0 bridgehead atoms. The van der Waals surface area contributed by atoms with Gasteiger partial charge < -0.3 is 29.8 Å². The predicted octanol–water partition coefficient (Wildman–Crippen LogP) is 2.79. The molecule has 2 aromatic rings. The lowest BCUT2D eigenvalue weighted by Crippen LogP contribution is -2.56. The number of carbonyl (C=O) groups excluding carboxylic acids is 3. The molecule has 4 atom stereocenters. The zero-order chi connectivity index (χ0) is 26.2. The van der Waals surface area contributed by atoms with Crippen molar-refractivity contribution in [2.24, 2.45) is 11.8 Å². The van der Waals surface area contributed by atoms with E-state index in [2.05, 4.69) is 15.6 Å². The fraction of sp³-hybridized carbons (Fsp3) is 0.538. The molecule has 1 aromatic carbocycles. The van der Waals surface area contributed by atoms with Crippen molar-refractivity contribution in [2.75, 3.05) is 6.54 Å². The van der Waals surface area contributed by atoms with E-state index in [1.165, 1.54) is 17.6 Å². The second kappa shape index (κ2) is 12.5. The van der Waals surface area contributed by atoms with Gasteiger partial charge in [-0.05, 0) is 30.2 Å². The average molecular weight is 501 g/mol. The molecule has 10 heteroatoms. The second-order valence-electron chi connectivity index (χ2n) is 9.75. The van der Waals surface area contributed by atoms with Gasteiger partial charge in [-0.2, -0.15) is 0 Å². The molecular weight excluding hydrogens is 464 g/mol. The molecule has 10 nitrogen and oxygen atoms in total. The Hall–Kier alpha value is -3.40. The highest BCUT2D eigenvalue weighted by molar-refractivity contribution is 5.92. The average Bonchev–Trinajstić information content (AvgIpc) is 3.56. The number of amides is 3. The van der Waals surface area contributed by atoms with Gasteiger partial charge in [0.25, 0.3) is 0 Å². The van der Waals surface area contributed by atoms with Crippen LogP contribution in [0.2, 0.25) is 0 Å². The Bertz CT molecular complexity index is 995. The Morgan fingerprint density at radius 3 is 2.47 bits per heavy atom. The lowest BCUT2D eigenvalue weighted by molar-refractivity contribution is -0.141. The van der Waals surface area contributed by atoms with Gasteiger partial charge in [-0.25, -0.2) is 9.78 Å².